The van der Waals surface area contributed by atoms with Crippen LogP contribution in [0.15, 0.2) is 65.7 Å². The van der Waals surface area contributed by atoms with Crippen LogP contribution in [0.1, 0.15) is 11.4 Å². The Labute approximate surface area is 172 Å². The summed E-state index contributed by atoms with van der Waals surface area (Å²) < 4.78 is 5.66. The van der Waals surface area contributed by atoms with E-state index >= 15 is 0 Å². The Morgan fingerprint density at radius 3 is 2.28 bits per heavy atom. The van der Waals surface area contributed by atoms with E-state index in [9.17, 15) is 10.1 Å². The van der Waals surface area contributed by atoms with Gasteiger partial charge in [0.05, 0.1) is 4.92 Å². The highest BCUT2D eigenvalue weighted by Gasteiger charge is 2.33. The van der Waals surface area contributed by atoms with E-state index in [1.165, 1.54) is 0 Å². The number of nitrogens with one attached hydrogen (secondary N) is 1. The van der Waals surface area contributed by atoms with Gasteiger partial charge in [-0.05, 0) is 28.8 Å². The van der Waals surface area contributed by atoms with Gasteiger partial charge in [-0.15, -0.1) is 0 Å². The number of aromatic amines is 1. The van der Waals surface area contributed by atoms with E-state index in [4.69, 9.17) is 16.2 Å². The first-order valence-corrected chi connectivity index (χ1v) is 8.20. The average molecular weight is 413 g/mol. The van der Waals surface area contributed by atoms with Crippen LogP contribution < -0.4 is 33.6 Å². The lowest BCUT2D eigenvalue weighted by Gasteiger charge is -2.03. The Hall–Kier alpha value is -3.98. The molecule has 0 aliphatic heterocycles. The number of aromatic nitrogens is 2. The van der Waals surface area contributed by atoms with E-state index in [1.54, 1.807) is 42.5 Å². The first-order chi connectivity index (χ1) is 13.5. The molecular weight excluding hydrogens is 396 g/mol. The average Bonchev–Trinajstić information content (AvgIpc) is 2.67. The number of nitrogens with zero attached hydrogens (tertiary/aromatic N) is 3. The molecule has 1 aromatic heterocycles. The van der Waals surface area contributed by atoms with Crippen LogP contribution in [0.4, 0.5) is 11.5 Å². The highest BCUT2D eigenvalue weighted by atomic mass is 35.5. The molecule has 0 atom stereocenters. The molecule has 0 amide bonds. The number of hydrogen-bond acceptors (Lipinski definition) is 5. The summed E-state index contributed by atoms with van der Waals surface area (Å²) in [6, 6.07) is 18.1. The Morgan fingerprint density at radius 2 is 1.69 bits per heavy atom. The monoisotopic (exact) mass is 412 g/mol. The Morgan fingerprint density at radius 1 is 1.07 bits per heavy atom. The lowest BCUT2D eigenvalue weighted by molar-refractivity contribution is -0.432. The van der Waals surface area contributed by atoms with Crippen molar-refractivity contribution < 1.29 is 27.1 Å². The van der Waals surface area contributed by atoms with E-state index in [2.05, 4.69) is 15.0 Å². The molecule has 0 aliphatic carbocycles. The molecule has 5 N–H and O–H groups in total. The van der Waals surface area contributed by atoms with Crippen molar-refractivity contribution in [2.24, 2.45) is 16.5 Å². The molecule has 29 heavy (non-hydrogen) atoms. The number of ether oxygens (including phenoxy) is 1. The topological polar surface area (TPSA) is 144 Å². The second-order valence-electron chi connectivity index (χ2n) is 5.58. The van der Waals surface area contributed by atoms with Gasteiger partial charge in [0.1, 0.15) is 5.75 Å². The number of rotatable bonds is 6. The summed E-state index contributed by atoms with van der Waals surface area (Å²) in [7, 11) is 0. The van der Waals surface area contributed by atoms with Gasteiger partial charge in [0.25, 0.3) is 0 Å². The van der Waals surface area contributed by atoms with Gasteiger partial charge in [0.15, 0.2) is 5.96 Å². The number of halogens is 1. The maximum absolute atomic E-state index is 11.6. The first-order valence-electron chi connectivity index (χ1n) is 8.20. The molecule has 0 aliphatic rings. The molecule has 0 bridgehead atoms. The predicted molar refractivity (Wildman–Crippen MR) is 105 cm³/mol. The van der Waals surface area contributed by atoms with Crippen molar-refractivity contribution >= 4 is 29.6 Å². The Kier molecular flexibility index (Phi) is 7.21. The van der Waals surface area contributed by atoms with Crippen LogP contribution in [-0.2, 0) is 0 Å². The van der Waals surface area contributed by atoms with Gasteiger partial charge in [-0.25, -0.2) is 0 Å². The molecule has 9 nitrogen and oxygen atoms in total. The Balaban J connectivity index is 0.00000300. The third-order valence-corrected chi connectivity index (χ3v) is 3.51. The molecule has 3 rings (SSSR count). The molecular formula is C19H17ClN6O3. The van der Waals surface area contributed by atoms with Crippen molar-refractivity contribution in [3.63, 3.8) is 0 Å². The number of para-hydroxylation sites is 1. The maximum Gasteiger partial charge on any atom is 0.424 e. The SMILES string of the molecule is NC(N)=Nc1nc(/C=C/c2ccccc2)[nH+]c(Oc2ccccc2)c1[N+](=O)[O-].[Cl-]. The number of hydrogen-bond donors (Lipinski definition) is 2. The van der Waals surface area contributed by atoms with Crippen LogP contribution in [0.25, 0.3) is 12.2 Å². The number of aliphatic imine (C=N–C) groups is 1. The minimum Gasteiger partial charge on any atom is -1.00 e. The zero-order chi connectivity index (χ0) is 19.9. The zero-order valence-corrected chi connectivity index (χ0v) is 15.8. The summed E-state index contributed by atoms with van der Waals surface area (Å²) in [5.41, 5.74) is 11.3. The van der Waals surface area contributed by atoms with Gasteiger partial charge in [0, 0.05) is 6.08 Å². The molecule has 3 aromatic rings. The van der Waals surface area contributed by atoms with Crippen molar-refractivity contribution in [2.75, 3.05) is 0 Å². The third kappa shape index (κ3) is 5.75. The van der Waals surface area contributed by atoms with Crippen molar-refractivity contribution in [2.45, 2.75) is 0 Å². The third-order valence-electron chi connectivity index (χ3n) is 3.51. The van der Waals surface area contributed by atoms with Crippen molar-refractivity contribution in [3.05, 3.63) is 82.2 Å². The first kappa shape index (κ1) is 21.3. The number of benzene rings is 2. The fourth-order valence-electron chi connectivity index (χ4n) is 2.34. The van der Waals surface area contributed by atoms with Gasteiger partial charge in [0.2, 0.25) is 0 Å². The summed E-state index contributed by atoms with van der Waals surface area (Å²) in [5.74, 6) is -0.0752. The summed E-state index contributed by atoms with van der Waals surface area (Å²) >= 11 is 0. The number of guanidine groups is 1. The van der Waals surface area contributed by atoms with Gasteiger partial charge >= 0.3 is 23.2 Å². The standard InChI is InChI=1S/C19H16N6O3.ClH/c20-19(21)24-17-16(25(26)27)18(28-14-9-5-2-6-10-14)23-15(22-17)12-11-13-7-3-1-4-8-13;/h1-12H,(H4,20,21,22,23,24);1H/b12-11+;. The van der Waals surface area contributed by atoms with E-state index in [0.717, 1.165) is 5.56 Å². The molecule has 148 valence electrons. The second kappa shape index (κ2) is 9.81. The summed E-state index contributed by atoms with van der Waals surface area (Å²) in [4.78, 5) is 21.7. The van der Waals surface area contributed by atoms with Crippen LogP contribution in [0.3, 0.4) is 0 Å². The fourth-order valence-corrected chi connectivity index (χ4v) is 2.34. The minimum absolute atomic E-state index is 0. The van der Waals surface area contributed by atoms with Gasteiger partial charge in [-0.3, -0.25) is 10.1 Å². The maximum atomic E-state index is 11.6. The van der Waals surface area contributed by atoms with Gasteiger partial charge in [-0.1, -0.05) is 48.5 Å². The quantitative estimate of drug-likeness (QED) is 0.245. The smallest absolute Gasteiger partial charge is 0.424 e. The van der Waals surface area contributed by atoms with Crippen molar-refractivity contribution in [1.29, 1.82) is 0 Å². The number of nitro groups is 1. The molecule has 0 fully saturated rings. The van der Waals surface area contributed by atoms with Crippen LogP contribution in [0.5, 0.6) is 11.6 Å². The molecule has 10 heteroatoms. The summed E-state index contributed by atoms with van der Waals surface area (Å²) in [5, 5.41) is 11.6. The summed E-state index contributed by atoms with van der Waals surface area (Å²) in [6.45, 7) is 0. The predicted octanol–water partition coefficient (Wildman–Crippen LogP) is -0.325. The van der Waals surface area contributed by atoms with Crippen LogP contribution >= 0.6 is 0 Å². The molecule has 0 saturated heterocycles. The molecule has 0 radical (unpaired) electrons. The largest absolute Gasteiger partial charge is 1.00 e. The molecule has 1 heterocycles. The van der Waals surface area contributed by atoms with Gasteiger partial charge < -0.3 is 28.6 Å². The van der Waals surface area contributed by atoms with Crippen LogP contribution in [0.2, 0.25) is 0 Å². The fraction of sp³-hybridized carbons (Fsp3) is 0. The highest BCUT2D eigenvalue weighted by molar-refractivity contribution is 5.80. The molecule has 0 saturated carbocycles. The van der Waals surface area contributed by atoms with E-state index in [1.807, 2.05) is 30.3 Å². The number of H-pyrrole nitrogens is 1. The minimum atomic E-state index is -0.658. The summed E-state index contributed by atoms with van der Waals surface area (Å²) in [6.07, 6.45) is 3.43. The molecule has 0 spiro atoms. The van der Waals surface area contributed by atoms with E-state index in [0.29, 0.717) is 5.75 Å². The van der Waals surface area contributed by atoms with Crippen molar-refractivity contribution in [1.82, 2.24) is 4.98 Å². The van der Waals surface area contributed by atoms with E-state index in [-0.39, 0.29) is 35.9 Å². The Bertz CT molecular complexity index is 1040. The molecule has 2 aromatic carbocycles. The number of nitrogens with two attached hydrogens (primary N) is 2. The molecule has 0 unspecified atom stereocenters. The zero-order valence-electron chi connectivity index (χ0n) is 15.0. The van der Waals surface area contributed by atoms with E-state index < -0.39 is 10.6 Å². The van der Waals surface area contributed by atoms with Crippen LogP contribution in [0, 0.1) is 10.1 Å². The van der Waals surface area contributed by atoms with Gasteiger partial charge in [-0.2, -0.15) is 9.98 Å². The second-order valence-corrected chi connectivity index (χ2v) is 5.58. The highest BCUT2D eigenvalue weighted by Crippen LogP contribution is 2.34. The lowest BCUT2D eigenvalue weighted by atomic mass is 10.2. The van der Waals surface area contributed by atoms with Crippen molar-refractivity contribution in [3.8, 4) is 11.6 Å². The lowest BCUT2D eigenvalue weighted by Crippen LogP contribution is -3.00. The van der Waals surface area contributed by atoms with Crippen LogP contribution in [-0.4, -0.2) is 15.9 Å². The normalized spacial score (nSPS) is 10.2.